The fraction of sp³-hybridized carbons (Fsp3) is 0.571. The van der Waals surface area contributed by atoms with E-state index in [0.717, 1.165) is 37.6 Å². The van der Waals surface area contributed by atoms with Crippen molar-refractivity contribution in [2.24, 2.45) is 5.92 Å². The molecule has 1 aliphatic heterocycles. The van der Waals surface area contributed by atoms with Crippen molar-refractivity contribution in [1.29, 1.82) is 0 Å². The fourth-order valence-electron chi connectivity index (χ4n) is 2.48. The molecule has 2 atom stereocenters. The van der Waals surface area contributed by atoms with E-state index >= 15 is 0 Å². The van der Waals surface area contributed by atoms with Crippen LogP contribution in [0.3, 0.4) is 0 Å². The lowest BCUT2D eigenvalue weighted by Crippen LogP contribution is -2.43. The maximum absolute atomic E-state index is 6.21. The normalized spacial score (nSPS) is 24.8. The van der Waals surface area contributed by atoms with Gasteiger partial charge >= 0.3 is 0 Å². The molecule has 1 saturated heterocycles. The van der Waals surface area contributed by atoms with Gasteiger partial charge in [-0.1, -0.05) is 36.7 Å². The average molecular weight is 254 g/mol. The Morgan fingerprint density at radius 3 is 3.00 bits per heavy atom. The Kier molecular flexibility index (Phi) is 4.84. The maximum Gasteiger partial charge on any atom is 0.0512 e. The van der Waals surface area contributed by atoms with Crippen LogP contribution < -0.4 is 5.32 Å². The van der Waals surface area contributed by atoms with Gasteiger partial charge < -0.3 is 10.1 Å². The van der Waals surface area contributed by atoms with Crippen molar-refractivity contribution in [3.63, 3.8) is 0 Å². The summed E-state index contributed by atoms with van der Waals surface area (Å²) < 4.78 is 5.59. The van der Waals surface area contributed by atoms with Crippen molar-refractivity contribution in [2.45, 2.75) is 25.8 Å². The predicted octanol–water partition coefficient (Wildman–Crippen LogP) is 2.90. The number of halogens is 1. The molecule has 0 radical (unpaired) electrons. The summed E-state index contributed by atoms with van der Waals surface area (Å²) in [4.78, 5) is 0. The SMILES string of the molecule is CCN[C@H]1CCOC[C@@H]1Cc1ccccc1Cl. The molecular weight excluding hydrogens is 234 g/mol. The van der Waals surface area contributed by atoms with Gasteiger partial charge in [0, 0.05) is 23.6 Å². The molecule has 2 rings (SSSR count). The third-order valence-electron chi connectivity index (χ3n) is 3.38. The van der Waals surface area contributed by atoms with E-state index in [1.165, 1.54) is 5.56 Å². The molecule has 1 heterocycles. The lowest BCUT2D eigenvalue weighted by Gasteiger charge is -2.32. The second-order valence-electron chi connectivity index (χ2n) is 4.58. The molecule has 1 aromatic rings. The molecule has 0 amide bonds. The first-order chi connectivity index (χ1) is 8.31. The Morgan fingerprint density at radius 2 is 2.24 bits per heavy atom. The summed E-state index contributed by atoms with van der Waals surface area (Å²) in [5, 5.41) is 4.42. The Labute approximate surface area is 108 Å². The zero-order chi connectivity index (χ0) is 12.1. The molecule has 0 aromatic heterocycles. The molecule has 0 saturated carbocycles. The number of benzene rings is 1. The first-order valence-electron chi connectivity index (χ1n) is 6.35. The number of hydrogen-bond acceptors (Lipinski definition) is 2. The molecule has 1 fully saturated rings. The second-order valence-corrected chi connectivity index (χ2v) is 4.99. The molecule has 0 spiro atoms. The van der Waals surface area contributed by atoms with E-state index in [2.05, 4.69) is 18.3 Å². The van der Waals surface area contributed by atoms with Crippen LogP contribution in [0.15, 0.2) is 24.3 Å². The lowest BCUT2D eigenvalue weighted by atomic mass is 9.89. The van der Waals surface area contributed by atoms with Crippen LogP contribution in [-0.4, -0.2) is 25.8 Å². The van der Waals surface area contributed by atoms with Crippen molar-refractivity contribution < 1.29 is 4.74 Å². The van der Waals surface area contributed by atoms with E-state index in [4.69, 9.17) is 16.3 Å². The van der Waals surface area contributed by atoms with Crippen molar-refractivity contribution in [3.05, 3.63) is 34.9 Å². The van der Waals surface area contributed by atoms with Gasteiger partial charge in [-0.05, 0) is 31.0 Å². The van der Waals surface area contributed by atoms with Gasteiger partial charge in [0.1, 0.15) is 0 Å². The average Bonchev–Trinajstić information content (AvgIpc) is 2.35. The summed E-state index contributed by atoms with van der Waals surface area (Å²) >= 11 is 6.21. The van der Waals surface area contributed by atoms with E-state index < -0.39 is 0 Å². The van der Waals surface area contributed by atoms with Crippen LogP contribution in [-0.2, 0) is 11.2 Å². The summed E-state index contributed by atoms with van der Waals surface area (Å²) in [6.45, 7) is 4.88. The van der Waals surface area contributed by atoms with Gasteiger partial charge in [0.05, 0.1) is 6.61 Å². The highest BCUT2D eigenvalue weighted by molar-refractivity contribution is 6.31. The number of ether oxygens (including phenoxy) is 1. The predicted molar refractivity (Wildman–Crippen MR) is 71.5 cm³/mol. The number of hydrogen-bond donors (Lipinski definition) is 1. The zero-order valence-corrected chi connectivity index (χ0v) is 11.0. The molecule has 0 unspecified atom stereocenters. The monoisotopic (exact) mass is 253 g/mol. The molecule has 1 aromatic carbocycles. The van der Waals surface area contributed by atoms with Crippen LogP contribution in [0.5, 0.6) is 0 Å². The highest BCUT2D eigenvalue weighted by Gasteiger charge is 2.25. The van der Waals surface area contributed by atoms with Gasteiger partial charge in [-0.15, -0.1) is 0 Å². The highest BCUT2D eigenvalue weighted by atomic mass is 35.5. The summed E-state index contributed by atoms with van der Waals surface area (Å²) in [5.74, 6) is 0.531. The molecule has 1 N–H and O–H groups in total. The lowest BCUT2D eigenvalue weighted by molar-refractivity contribution is 0.0327. The van der Waals surface area contributed by atoms with Crippen LogP contribution in [0, 0.1) is 5.92 Å². The van der Waals surface area contributed by atoms with E-state index in [9.17, 15) is 0 Å². The van der Waals surface area contributed by atoms with E-state index in [1.807, 2.05) is 18.2 Å². The smallest absolute Gasteiger partial charge is 0.0512 e. The van der Waals surface area contributed by atoms with Crippen LogP contribution >= 0.6 is 11.6 Å². The quantitative estimate of drug-likeness (QED) is 0.891. The van der Waals surface area contributed by atoms with E-state index in [1.54, 1.807) is 0 Å². The van der Waals surface area contributed by atoms with Gasteiger partial charge in [0.2, 0.25) is 0 Å². The van der Waals surface area contributed by atoms with Crippen LogP contribution in [0.4, 0.5) is 0 Å². The summed E-state index contributed by atoms with van der Waals surface area (Å²) in [6.07, 6.45) is 2.10. The summed E-state index contributed by atoms with van der Waals surface area (Å²) in [5.41, 5.74) is 1.23. The van der Waals surface area contributed by atoms with Crippen molar-refractivity contribution in [3.8, 4) is 0 Å². The minimum absolute atomic E-state index is 0.531. The molecule has 2 nitrogen and oxygen atoms in total. The maximum atomic E-state index is 6.21. The molecule has 0 bridgehead atoms. The standard InChI is InChI=1S/C14H20ClNO/c1-2-16-14-7-8-17-10-12(14)9-11-5-3-4-6-13(11)15/h3-6,12,14,16H,2,7-10H2,1H3/t12-,14-/m0/s1. The Bertz CT molecular complexity index is 354. The van der Waals surface area contributed by atoms with Gasteiger partial charge in [0.25, 0.3) is 0 Å². The van der Waals surface area contributed by atoms with Crippen LogP contribution in [0.25, 0.3) is 0 Å². The van der Waals surface area contributed by atoms with Gasteiger partial charge in [-0.3, -0.25) is 0 Å². The van der Waals surface area contributed by atoms with E-state index in [0.29, 0.717) is 12.0 Å². The van der Waals surface area contributed by atoms with Gasteiger partial charge in [-0.2, -0.15) is 0 Å². The first-order valence-corrected chi connectivity index (χ1v) is 6.73. The highest BCUT2D eigenvalue weighted by Crippen LogP contribution is 2.24. The summed E-state index contributed by atoms with van der Waals surface area (Å²) in [7, 11) is 0. The van der Waals surface area contributed by atoms with E-state index in [-0.39, 0.29) is 0 Å². The number of nitrogens with one attached hydrogen (secondary N) is 1. The molecular formula is C14H20ClNO. The van der Waals surface area contributed by atoms with Crippen molar-refractivity contribution >= 4 is 11.6 Å². The first kappa shape index (κ1) is 12.9. The summed E-state index contributed by atoms with van der Waals surface area (Å²) in [6, 6.07) is 8.66. The number of rotatable bonds is 4. The minimum atomic E-state index is 0.531. The molecule has 1 aliphatic rings. The van der Waals surface area contributed by atoms with Crippen LogP contribution in [0.1, 0.15) is 18.9 Å². The van der Waals surface area contributed by atoms with Crippen molar-refractivity contribution in [1.82, 2.24) is 5.32 Å². The molecule has 0 aliphatic carbocycles. The van der Waals surface area contributed by atoms with Crippen LogP contribution in [0.2, 0.25) is 5.02 Å². The topological polar surface area (TPSA) is 21.3 Å². The third-order valence-corrected chi connectivity index (χ3v) is 3.75. The Morgan fingerprint density at radius 1 is 1.41 bits per heavy atom. The Hall–Kier alpha value is -0.570. The third kappa shape index (κ3) is 3.44. The van der Waals surface area contributed by atoms with Crippen molar-refractivity contribution in [2.75, 3.05) is 19.8 Å². The van der Waals surface area contributed by atoms with Gasteiger partial charge in [0.15, 0.2) is 0 Å². The largest absolute Gasteiger partial charge is 0.381 e. The minimum Gasteiger partial charge on any atom is -0.381 e. The zero-order valence-electron chi connectivity index (χ0n) is 10.3. The molecule has 17 heavy (non-hydrogen) atoms. The Balaban J connectivity index is 2.03. The second kappa shape index (κ2) is 6.39. The van der Waals surface area contributed by atoms with Gasteiger partial charge in [-0.25, -0.2) is 0 Å². The molecule has 3 heteroatoms. The fourth-order valence-corrected chi connectivity index (χ4v) is 2.69. The molecule has 94 valence electrons.